The SMILES string of the molecule is CC(C)[C@H]1CC[C@@H](C)C[C@H]1OP(=O)(O[C@@H]1C[C@H](C)CC[C@@H]1C(C)C)[C@@H](O)[C@@H]1COC(C)(C)O1. The third kappa shape index (κ3) is 6.83. The van der Waals surface area contributed by atoms with E-state index in [0.29, 0.717) is 35.5 Å². The van der Waals surface area contributed by atoms with E-state index in [-0.39, 0.29) is 18.8 Å². The lowest BCUT2D eigenvalue weighted by Gasteiger charge is -2.43. The fourth-order valence-corrected chi connectivity index (χ4v) is 8.16. The van der Waals surface area contributed by atoms with E-state index in [0.717, 1.165) is 38.5 Å². The maximum absolute atomic E-state index is 14.6. The Morgan fingerprint density at radius 2 is 1.33 bits per heavy atom. The molecule has 0 radical (unpaired) electrons. The van der Waals surface area contributed by atoms with Gasteiger partial charge in [0.05, 0.1) is 18.8 Å². The highest BCUT2D eigenvalue weighted by molar-refractivity contribution is 7.54. The Balaban J connectivity index is 1.89. The van der Waals surface area contributed by atoms with E-state index in [1.54, 1.807) is 0 Å². The highest BCUT2D eigenvalue weighted by atomic mass is 31.2. The molecule has 0 spiro atoms. The molecule has 1 N–H and O–H groups in total. The average Bonchev–Trinajstić information content (AvgIpc) is 3.06. The Morgan fingerprint density at radius 3 is 1.70 bits per heavy atom. The smallest absolute Gasteiger partial charge is 0.362 e. The molecule has 194 valence electrons. The Morgan fingerprint density at radius 1 is 0.879 bits per heavy atom. The van der Waals surface area contributed by atoms with Crippen molar-refractivity contribution in [2.45, 2.75) is 124 Å². The van der Waals surface area contributed by atoms with Gasteiger partial charge in [0.15, 0.2) is 11.6 Å². The van der Waals surface area contributed by atoms with Crippen molar-refractivity contribution in [3.8, 4) is 0 Å². The standard InChI is InChI=1S/C26H49O6P/c1-16(2)20-11-9-18(5)13-22(20)31-33(28,25(27)24-15-29-26(7,8)30-24)32-23-14-19(6)10-12-21(23)17(3)4/h16-25,27H,9-15H2,1-8H3/t18-,19-,20-,21-,22-,23-,24+,25-/m1/s1. The van der Waals surface area contributed by atoms with Gasteiger partial charge in [-0.15, -0.1) is 0 Å². The van der Waals surface area contributed by atoms with Crippen LogP contribution in [0.4, 0.5) is 0 Å². The Labute approximate surface area is 202 Å². The lowest BCUT2D eigenvalue weighted by molar-refractivity contribution is -0.147. The topological polar surface area (TPSA) is 74.2 Å². The van der Waals surface area contributed by atoms with Crippen molar-refractivity contribution in [1.82, 2.24) is 0 Å². The molecule has 1 saturated heterocycles. The fourth-order valence-electron chi connectivity index (χ4n) is 6.06. The molecule has 2 aliphatic carbocycles. The van der Waals surface area contributed by atoms with Gasteiger partial charge in [0.1, 0.15) is 6.10 Å². The first-order chi connectivity index (χ1) is 15.3. The minimum Gasteiger partial charge on any atom is -0.378 e. The zero-order chi connectivity index (χ0) is 24.6. The van der Waals surface area contributed by atoms with Crippen LogP contribution in [0.5, 0.6) is 0 Å². The van der Waals surface area contributed by atoms with Crippen LogP contribution in [0.3, 0.4) is 0 Å². The van der Waals surface area contributed by atoms with Gasteiger partial charge in [-0.3, -0.25) is 4.57 Å². The molecule has 0 aromatic rings. The molecule has 0 bridgehead atoms. The number of aliphatic hydroxyl groups excluding tert-OH is 1. The van der Waals surface area contributed by atoms with Crippen molar-refractivity contribution >= 4 is 7.60 Å². The van der Waals surface area contributed by atoms with Crippen molar-refractivity contribution in [2.24, 2.45) is 35.5 Å². The second kappa shape index (κ2) is 11.0. The van der Waals surface area contributed by atoms with E-state index in [2.05, 4.69) is 41.5 Å². The van der Waals surface area contributed by atoms with E-state index in [4.69, 9.17) is 18.5 Å². The molecule has 8 atom stereocenters. The fraction of sp³-hybridized carbons (Fsp3) is 1.00. The third-order valence-corrected chi connectivity index (χ3v) is 10.3. The van der Waals surface area contributed by atoms with Crippen molar-refractivity contribution in [3.63, 3.8) is 0 Å². The van der Waals surface area contributed by atoms with E-state index < -0.39 is 25.3 Å². The van der Waals surface area contributed by atoms with Gasteiger partial charge in [-0.05, 0) is 75.0 Å². The van der Waals surface area contributed by atoms with Gasteiger partial charge < -0.3 is 23.6 Å². The van der Waals surface area contributed by atoms with Crippen LogP contribution >= 0.6 is 7.60 Å². The van der Waals surface area contributed by atoms with Gasteiger partial charge >= 0.3 is 7.60 Å². The van der Waals surface area contributed by atoms with E-state index in [1.165, 1.54) is 0 Å². The number of aliphatic hydroxyl groups is 1. The summed E-state index contributed by atoms with van der Waals surface area (Å²) in [5.41, 5.74) is 0. The first-order valence-electron chi connectivity index (χ1n) is 13.3. The minimum atomic E-state index is -3.91. The molecule has 6 nitrogen and oxygen atoms in total. The number of ether oxygens (including phenoxy) is 2. The van der Waals surface area contributed by atoms with Crippen LogP contribution < -0.4 is 0 Å². The van der Waals surface area contributed by atoms with Crippen molar-refractivity contribution in [1.29, 1.82) is 0 Å². The summed E-state index contributed by atoms with van der Waals surface area (Å²) in [5, 5.41) is 11.4. The predicted octanol–water partition coefficient (Wildman–Crippen LogP) is 6.60. The number of rotatable bonds is 8. The molecule has 1 heterocycles. The van der Waals surface area contributed by atoms with E-state index in [1.807, 2.05) is 13.8 Å². The van der Waals surface area contributed by atoms with Gasteiger partial charge in [0, 0.05) is 0 Å². The molecular weight excluding hydrogens is 439 g/mol. The van der Waals surface area contributed by atoms with Gasteiger partial charge in [-0.25, -0.2) is 0 Å². The average molecular weight is 489 g/mol. The lowest BCUT2D eigenvalue weighted by atomic mass is 9.75. The summed E-state index contributed by atoms with van der Waals surface area (Å²) in [7, 11) is -3.91. The quantitative estimate of drug-likeness (QED) is 0.388. The lowest BCUT2D eigenvalue weighted by Crippen LogP contribution is -2.40. The van der Waals surface area contributed by atoms with Crippen LogP contribution in [0.15, 0.2) is 0 Å². The zero-order valence-corrected chi connectivity index (χ0v) is 23.1. The largest absolute Gasteiger partial charge is 0.378 e. The number of hydrogen-bond acceptors (Lipinski definition) is 6. The molecule has 0 amide bonds. The zero-order valence-electron chi connectivity index (χ0n) is 22.2. The van der Waals surface area contributed by atoms with Crippen molar-refractivity contribution in [2.75, 3.05) is 6.61 Å². The van der Waals surface area contributed by atoms with Crippen LogP contribution in [-0.2, 0) is 23.1 Å². The number of hydrogen-bond donors (Lipinski definition) is 1. The second-order valence-electron chi connectivity index (χ2n) is 12.3. The first kappa shape index (κ1) is 27.6. The normalized spacial score (nSPS) is 38.7. The minimum absolute atomic E-state index is 0.175. The molecule has 0 unspecified atom stereocenters. The summed E-state index contributed by atoms with van der Waals surface area (Å²) in [5.74, 6) is 0.234. The summed E-state index contributed by atoms with van der Waals surface area (Å²) in [4.78, 5) is 0. The van der Waals surface area contributed by atoms with Crippen molar-refractivity contribution < 1.29 is 28.2 Å². The molecule has 1 aliphatic heterocycles. The van der Waals surface area contributed by atoms with E-state index >= 15 is 0 Å². The molecule has 7 heteroatoms. The summed E-state index contributed by atoms with van der Waals surface area (Å²) >= 11 is 0. The monoisotopic (exact) mass is 488 g/mol. The summed E-state index contributed by atoms with van der Waals surface area (Å²) in [6, 6.07) is 0. The molecule has 0 aromatic carbocycles. The van der Waals surface area contributed by atoms with Crippen LogP contribution in [-0.4, -0.2) is 41.7 Å². The Hall–Kier alpha value is 0.0300. The van der Waals surface area contributed by atoms with Crippen LogP contribution in [0.25, 0.3) is 0 Å². The highest BCUT2D eigenvalue weighted by Gasteiger charge is 2.51. The van der Waals surface area contributed by atoms with Crippen molar-refractivity contribution in [3.05, 3.63) is 0 Å². The first-order valence-corrected chi connectivity index (χ1v) is 14.9. The molecule has 33 heavy (non-hydrogen) atoms. The van der Waals surface area contributed by atoms with Gasteiger partial charge in [-0.1, -0.05) is 54.4 Å². The second-order valence-corrected chi connectivity index (χ2v) is 14.3. The van der Waals surface area contributed by atoms with E-state index in [9.17, 15) is 9.67 Å². The van der Waals surface area contributed by atoms with Gasteiger partial charge in [-0.2, -0.15) is 0 Å². The molecule has 3 fully saturated rings. The summed E-state index contributed by atoms with van der Waals surface area (Å²) in [6.07, 6.45) is 4.96. The highest BCUT2D eigenvalue weighted by Crippen LogP contribution is 2.60. The van der Waals surface area contributed by atoms with Gasteiger partial charge in [0.25, 0.3) is 0 Å². The maximum atomic E-state index is 14.6. The Kier molecular flexibility index (Phi) is 9.18. The molecule has 3 rings (SSSR count). The summed E-state index contributed by atoms with van der Waals surface area (Å²) < 4.78 is 39.1. The Bertz CT molecular complexity index is 642. The maximum Gasteiger partial charge on any atom is 0.362 e. The summed E-state index contributed by atoms with van der Waals surface area (Å²) in [6.45, 7) is 17.0. The third-order valence-electron chi connectivity index (χ3n) is 8.17. The molecular formula is C26H49O6P. The van der Waals surface area contributed by atoms with Crippen LogP contribution in [0, 0.1) is 35.5 Å². The van der Waals surface area contributed by atoms with Gasteiger partial charge in [0.2, 0.25) is 0 Å². The van der Waals surface area contributed by atoms with Crippen LogP contribution in [0.2, 0.25) is 0 Å². The van der Waals surface area contributed by atoms with Crippen LogP contribution in [0.1, 0.15) is 93.9 Å². The molecule has 2 saturated carbocycles. The predicted molar refractivity (Wildman–Crippen MR) is 131 cm³/mol. The molecule has 0 aromatic heterocycles. The molecule has 3 aliphatic rings.